The van der Waals surface area contributed by atoms with Gasteiger partial charge in [-0.3, -0.25) is 0 Å². The highest BCUT2D eigenvalue weighted by molar-refractivity contribution is 8.16. The number of ether oxygens (including phenoxy) is 1. The van der Waals surface area contributed by atoms with Crippen molar-refractivity contribution < 1.29 is 9.53 Å². The summed E-state index contributed by atoms with van der Waals surface area (Å²) in [5.41, 5.74) is 1.92. The van der Waals surface area contributed by atoms with Crippen molar-refractivity contribution in [2.45, 2.75) is 19.9 Å². The van der Waals surface area contributed by atoms with Gasteiger partial charge in [0.2, 0.25) is 0 Å². The van der Waals surface area contributed by atoms with Crippen molar-refractivity contribution in [3.63, 3.8) is 0 Å². The predicted molar refractivity (Wildman–Crippen MR) is 94.5 cm³/mol. The lowest BCUT2D eigenvalue weighted by molar-refractivity contribution is -0.139. The first-order valence-electron chi connectivity index (χ1n) is 7.06. The minimum atomic E-state index is -0.380. The Hall–Kier alpha value is -1.43. The minimum Gasteiger partial charge on any atom is -0.463 e. The molecule has 0 aliphatic carbocycles. The number of nitrogens with zero attached hydrogens (tertiary/aromatic N) is 2. The van der Waals surface area contributed by atoms with Crippen molar-refractivity contribution in [3.05, 3.63) is 56.7 Å². The number of esters is 1. The standard InChI is InChI=1S/C16H14Cl2N2O2S/c1-3-22-15(21)13-9(2)19-16-20(6-7-23-16)14(13)11-5-4-10(17)8-12(11)18/h4-8,14H,3H2,1-2H3. The fourth-order valence-electron chi connectivity index (χ4n) is 2.60. The van der Waals surface area contributed by atoms with Crippen LogP contribution in [-0.4, -0.2) is 22.6 Å². The number of fused-ring (bicyclic) bond motifs is 1. The summed E-state index contributed by atoms with van der Waals surface area (Å²) in [6, 6.07) is 4.90. The second-order valence-corrected chi connectivity index (χ2v) is 6.71. The van der Waals surface area contributed by atoms with Crippen molar-refractivity contribution in [1.82, 2.24) is 4.90 Å². The van der Waals surface area contributed by atoms with Crippen LogP contribution >= 0.6 is 35.0 Å². The molecule has 0 aromatic heterocycles. The van der Waals surface area contributed by atoms with E-state index in [1.165, 1.54) is 11.8 Å². The van der Waals surface area contributed by atoms with Gasteiger partial charge in [0.25, 0.3) is 0 Å². The molecule has 23 heavy (non-hydrogen) atoms. The second kappa shape index (κ2) is 6.59. The zero-order valence-corrected chi connectivity index (χ0v) is 14.9. The topological polar surface area (TPSA) is 41.9 Å². The predicted octanol–water partition coefficient (Wildman–Crippen LogP) is 4.76. The van der Waals surface area contributed by atoms with E-state index < -0.39 is 0 Å². The molecule has 2 heterocycles. The first kappa shape index (κ1) is 16.4. The summed E-state index contributed by atoms with van der Waals surface area (Å²) in [4.78, 5) is 18.9. The molecule has 0 bridgehead atoms. The summed E-state index contributed by atoms with van der Waals surface area (Å²) in [5, 5.41) is 3.79. The van der Waals surface area contributed by atoms with E-state index in [0.717, 1.165) is 10.7 Å². The quantitative estimate of drug-likeness (QED) is 0.721. The van der Waals surface area contributed by atoms with E-state index in [1.807, 2.05) is 29.5 Å². The summed E-state index contributed by atoms with van der Waals surface area (Å²) < 4.78 is 5.22. The third-order valence-corrected chi connectivity index (χ3v) is 4.91. The van der Waals surface area contributed by atoms with Crippen LogP contribution in [0.25, 0.3) is 0 Å². The number of rotatable bonds is 3. The van der Waals surface area contributed by atoms with Gasteiger partial charge in [0.05, 0.1) is 23.9 Å². The fourth-order valence-corrected chi connectivity index (χ4v) is 3.90. The normalized spacial score (nSPS) is 19.7. The summed E-state index contributed by atoms with van der Waals surface area (Å²) in [6.45, 7) is 3.89. The number of aliphatic imine (C=N–C) groups is 1. The van der Waals surface area contributed by atoms with E-state index >= 15 is 0 Å². The van der Waals surface area contributed by atoms with E-state index in [2.05, 4.69) is 4.99 Å². The second-order valence-electron chi connectivity index (χ2n) is 4.99. The van der Waals surface area contributed by atoms with Crippen LogP contribution in [0, 0.1) is 0 Å². The Kier molecular flexibility index (Phi) is 4.71. The van der Waals surface area contributed by atoms with Crippen LogP contribution in [0.2, 0.25) is 10.0 Å². The SMILES string of the molecule is CCOC(=O)C1=C(C)N=C2SC=CN2C1c1ccc(Cl)cc1Cl. The Labute approximate surface area is 148 Å². The maximum absolute atomic E-state index is 12.5. The molecule has 0 amide bonds. The number of hydrogen-bond acceptors (Lipinski definition) is 5. The summed E-state index contributed by atoms with van der Waals surface area (Å²) >= 11 is 13.9. The lowest BCUT2D eigenvalue weighted by Gasteiger charge is -2.33. The average Bonchev–Trinajstić information content (AvgIpc) is 2.94. The molecule has 1 aromatic carbocycles. The van der Waals surface area contributed by atoms with Crippen LogP contribution in [0.4, 0.5) is 0 Å². The maximum atomic E-state index is 12.5. The molecule has 2 aliphatic heterocycles. The van der Waals surface area contributed by atoms with E-state index in [9.17, 15) is 4.79 Å². The molecule has 2 aliphatic rings. The Morgan fingerprint density at radius 3 is 2.91 bits per heavy atom. The Morgan fingerprint density at radius 2 is 2.22 bits per heavy atom. The molecule has 1 aromatic rings. The molecule has 1 unspecified atom stereocenters. The van der Waals surface area contributed by atoms with Crippen LogP contribution in [0.1, 0.15) is 25.5 Å². The van der Waals surface area contributed by atoms with E-state index in [-0.39, 0.29) is 12.0 Å². The third kappa shape index (κ3) is 3.01. The van der Waals surface area contributed by atoms with Crippen molar-refractivity contribution in [3.8, 4) is 0 Å². The smallest absolute Gasteiger partial charge is 0.338 e. The minimum absolute atomic E-state index is 0.303. The molecule has 0 saturated carbocycles. The highest BCUT2D eigenvalue weighted by Gasteiger charge is 2.38. The molecule has 1 atom stereocenters. The number of hydrogen-bond donors (Lipinski definition) is 0. The summed E-state index contributed by atoms with van der Waals surface area (Å²) in [6.07, 6.45) is 1.89. The van der Waals surface area contributed by atoms with Gasteiger partial charge in [-0.2, -0.15) is 0 Å². The van der Waals surface area contributed by atoms with Gasteiger partial charge in [0.15, 0.2) is 5.17 Å². The van der Waals surface area contributed by atoms with E-state index in [0.29, 0.717) is 27.9 Å². The van der Waals surface area contributed by atoms with Gasteiger partial charge in [-0.05, 0) is 37.0 Å². The molecule has 0 radical (unpaired) electrons. The van der Waals surface area contributed by atoms with Gasteiger partial charge in [-0.1, -0.05) is 41.0 Å². The molecule has 0 fully saturated rings. The van der Waals surface area contributed by atoms with Crippen LogP contribution < -0.4 is 0 Å². The molecule has 0 N–H and O–H groups in total. The van der Waals surface area contributed by atoms with Crippen molar-refractivity contribution in [2.75, 3.05) is 6.61 Å². The van der Waals surface area contributed by atoms with Gasteiger partial charge in [-0.25, -0.2) is 9.79 Å². The van der Waals surface area contributed by atoms with Crippen LogP contribution in [-0.2, 0) is 9.53 Å². The lowest BCUT2D eigenvalue weighted by atomic mass is 9.95. The van der Waals surface area contributed by atoms with Crippen LogP contribution in [0.15, 0.2) is 46.1 Å². The Morgan fingerprint density at radius 1 is 1.43 bits per heavy atom. The molecular formula is C16H14Cl2N2O2S. The number of benzene rings is 1. The third-order valence-electron chi connectivity index (χ3n) is 3.57. The summed E-state index contributed by atoms with van der Waals surface area (Å²) in [5.74, 6) is -0.380. The molecule has 0 saturated heterocycles. The number of thioether (sulfide) groups is 1. The van der Waals surface area contributed by atoms with Crippen LogP contribution in [0.3, 0.4) is 0 Å². The Balaban J connectivity index is 2.14. The van der Waals surface area contributed by atoms with Crippen molar-refractivity contribution in [2.24, 2.45) is 4.99 Å². The van der Waals surface area contributed by atoms with Crippen molar-refractivity contribution in [1.29, 1.82) is 0 Å². The largest absolute Gasteiger partial charge is 0.463 e. The highest BCUT2D eigenvalue weighted by atomic mass is 35.5. The monoisotopic (exact) mass is 368 g/mol. The number of carbonyl (C=O) groups is 1. The number of carbonyl (C=O) groups excluding carboxylic acids is 1. The first-order chi connectivity index (χ1) is 11.0. The van der Waals surface area contributed by atoms with E-state index in [1.54, 1.807) is 19.1 Å². The molecule has 120 valence electrons. The van der Waals surface area contributed by atoms with Crippen molar-refractivity contribution >= 4 is 46.1 Å². The number of halogens is 2. The fraction of sp³-hybridized carbons (Fsp3) is 0.250. The molecule has 4 nitrogen and oxygen atoms in total. The maximum Gasteiger partial charge on any atom is 0.338 e. The Bertz CT molecular complexity index is 758. The van der Waals surface area contributed by atoms with Gasteiger partial charge < -0.3 is 9.64 Å². The zero-order valence-electron chi connectivity index (χ0n) is 12.5. The first-order valence-corrected chi connectivity index (χ1v) is 8.69. The molecule has 3 rings (SSSR count). The molecule has 7 heteroatoms. The highest BCUT2D eigenvalue weighted by Crippen LogP contribution is 2.43. The lowest BCUT2D eigenvalue weighted by Crippen LogP contribution is -2.34. The summed E-state index contributed by atoms with van der Waals surface area (Å²) in [7, 11) is 0. The van der Waals surface area contributed by atoms with Gasteiger partial charge in [0, 0.05) is 16.2 Å². The van der Waals surface area contributed by atoms with Gasteiger partial charge in [0.1, 0.15) is 0 Å². The molecular weight excluding hydrogens is 355 g/mol. The average molecular weight is 369 g/mol. The zero-order chi connectivity index (χ0) is 16.6. The number of allylic oxidation sites excluding steroid dienone is 1. The van der Waals surface area contributed by atoms with Gasteiger partial charge >= 0.3 is 5.97 Å². The van der Waals surface area contributed by atoms with Crippen LogP contribution in [0.5, 0.6) is 0 Å². The number of amidine groups is 1. The molecule has 0 spiro atoms. The van der Waals surface area contributed by atoms with Gasteiger partial charge in [-0.15, -0.1) is 0 Å². The van der Waals surface area contributed by atoms with E-state index in [4.69, 9.17) is 27.9 Å².